The summed E-state index contributed by atoms with van der Waals surface area (Å²) in [5, 5.41) is 2.07. The lowest BCUT2D eigenvalue weighted by atomic mass is 9.88. The van der Waals surface area contributed by atoms with Gasteiger partial charge in [-0.15, -0.1) is 11.3 Å². The number of carbonyl (C=O) groups is 2. The first-order chi connectivity index (χ1) is 13.4. The highest BCUT2D eigenvalue weighted by Gasteiger charge is 2.34. The highest BCUT2D eigenvalue weighted by molar-refractivity contribution is 7.10. The Balaban J connectivity index is 1.35. The number of ether oxygens (including phenoxy) is 1. The molecule has 6 heteroatoms. The van der Waals surface area contributed by atoms with Crippen LogP contribution >= 0.6 is 11.3 Å². The fourth-order valence-electron chi connectivity index (χ4n) is 4.97. The van der Waals surface area contributed by atoms with Crippen molar-refractivity contribution in [2.45, 2.75) is 65.1 Å². The van der Waals surface area contributed by atoms with Gasteiger partial charge in [-0.05, 0) is 57.4 Å². The van der Waals surface area contributed by atoms with E-state index in [-0.39, 0.29) is 29.9 Å². The lowest BCUT2D eigenvalue weighted by molar-refractivity contribution is -0.148. The molecule has 2 fully saturated rings. The summed E-state index contributed by atoms with van der Waals surface area (Å²) in [6, 6.07) is 0. The van der Waals surface area contributed by atoms with Gasteiger partial charge in [-0.3, -0.25) is 9.59 Å². The maximum atomic E-state index is 13.1. The average Bonchev–Trinajstić information content (AvgIpc) is 3.09. The van der Waals surface area contributed by atoms with Crippen molar-refractivity contribution in [1.82, 2.24) is 9.80 Å². The van der Waals surface area contributed by atoms with Crippen LogP contribution in [-0.4, -0.2) is 60.0 Å². The highest BCUT2D eigenvalue weighted by atomic mass is 32.1. The van der Waals surface area contributed by atoms with Crippen molar-refractivity contribution in [3.05, 3.63) is 21.4 Å². The van der Waals surface area contributed by atoms with Crippen LogP contribution in [0.25, 0.3) is 0 Å². The van der Waals surface area contributed by atoms with Crippen LogP contribution in [0.1, 0.15) is 60.8 Å². The third-order valence-electron chi connectivity index (χ3n) is 6.49. The second kappa shape index (κ2) is 8.15. The summed E-state index contributed by atoms with van der Waals surface area (Å²) in [6.07, 6.45) is 5.06. The van der Waals surface area contributed by atoms with E-state index in [4.69, 9.17) is 4.74 Å². The highest BCUT2D eigenvalue weighted by Crippen LogP contribution is 2.34. The molecule has 154 valence electrons. The third-order valence-corrected chi connectivity index (χ3v) is 7.55. The number of hydrogen-bond donors (Lipinski definition) is 0. The summed E-state index contributed by atoms with van der Waals surface area (Å²) in [5.41, 5.74) is 2.22. The SMILES string of the molecule is CC1CCc2c(C(=O)N3CCC(C(=O)N4CC(C)OC(C)C4)CC3)csc2C1. The van der Waals surface area contributed by atoms with E-state index < -0.39 is 0 Å². The largest absolute Gasteiger partial charge is 0.372 e. The Labute approximate surface area is 172 Å². The van der Waals surface area contributed by atoms with Gasteiger partial charge in [0.1, 0.15) is 0 Å². The Bertz CT molecular complexity index is 728. The van der Waals surface area contributed by atoms with Crippen LogP contribution in [0, 0.1) is 11.8 Å². The number of amides is 2. The molecule has 5 nitrogen and oxygen atoms in total. The van der Waals surface area contributed by atoms with Gasteiger partial charge in [0.05, 0.1) is 17.8 Å². The summed E-state index contributed by atoms with van der Waals surface area (Å²) in [4.78, 5) is 31.4. The van der Waals surface area contributed by atoms with Gasteiger partial charge >= 0.3 is 0 Å². The first-order valence-corrected chi connectivity index (χ1v) is 11.6. The molecule has 0 N–H and O–H groups in total. The molecule has 4 rings (SSSR count). The predicted molar refractivity (Wildman–Crippen MR) is 111 cm³/mol. The summed E-state index contributed by atoms with van der Waals surface area (Å²) in [6.45, 7) is 9.09. The number of nitrogens with zero attached hydrogens (tertiary/aromatic N) is 2. The van der Waals surface area contributed by atoms with Crippen molar-refractivity contribution in [1.29, 1.82) is 0 Å². The lowest BCUT2D eigenvalue weighted by Crippen LogP contribution is -2.51. The number of thiophene rings is 1. The molecule has 2 amide bonds. The van der Waals surface area contributed by atoms with Crippen LogP contribution in [0.15, 0.2) is 5.38 Å². The minimum atomic E-state index is 0.0405. The fourth-order valence-corrected chi connectivity index (χ4v) is 6.21. The number of hydrogen-bond acceptors (Lipinski definition) is 4. The number of morpholine rings is 1. The van der Waals surface area contributed by atoms with Crippen LogP contribution in [0.2, 0.25) is 0 Å². The smallest absolute Gasteiger partial charge is 0.254 e. The van der Waals surface area contributed by atoms with Crippen LogP contribution in [0.3, 0.4) is 0 Å². The maximum absolute atomic E-state index is 13.1. The summed E-state index contributed by atoms with van der Waals surface area (Å²) in [7, 11) is 0. The molecule has 2 saturated heterocycles. The summed E-state index contributed by atoms with van der Waals surface area (Å²) < 4.78 is 5.75. The molecular formula is C22H32N2O3S. The molecule has 0 bridgehead atoms. The van der Waals surface area contributed by atoms with Gasteiger partial charge < -0.3 is 14.5 Å². The minimum Gasteiger partial charge on any atom is -0.372 e. The van der Waals surface area contributed by atoms with Crippen molar-refractivity contribution in [3.8, 4) is 0 Å². The van der Waals surface area contributed by atoms with Gasteiger partial charge in [0, 0.05) is 42.4 Å². The quantitative estimate of drug-likeness (QED) is 0.759. The Morgan fingerprint density at radius 1 is 1.04 bits per heavy atom. The Kier molecular flexibility index (Phi) is 5.79. The molecule has 3 aliphatic rings. The predicted octanol–water partition coefficient (Wildman–Crippen LogP) is 3.36. The summed E-state index contributed by atoms with van der Waals surface area (Å²) in [5.74, 6) is 1.18. The standard InChI is InChI=1S/C22H32N2O3S/c1-14-4-5-18-19(13-28-20(18)10-14)22(26)23-8-6-17(7-9-23)21(25)24-11-15(2)27-16(3)12-24/h13-17H,4-12H2,1-3H3. The zero-order valence-corrected chi connectivity index (χ0v) is 18.1. The molecule has 3 unspecified atom stereocenters. The molecule has 1 aromatic heterocycles. The fraction of sp³-hybridized carbons (Fsp3) is 0.727. The number of carbonyl (C=O) groups excluding carboxylic acids is 2. The molecule has 3 heterocycles. The second-order valence-electron chi connectivity index (χ2n) is 8.97. The molecule has 1 aliphatic carbocycles. The number of likely N-dealkylation sites (tertiary alicyclic amines) is 1. The van der Waals surface area contributed by atoms with Gasteiger partial charge in [-0.2, -0.15) is 0 Å². The van der Waals surface area contributed by atoms with Crippen LogP contribution in [0.5, 0.6) is 0 Å². The zero-order valence-electron chi connectivity index (χ0n) is 17.3. The van der Waals surface area contributed by atoms with Crippen molar-refractivity contribution in [3.63, 3.8) is 0 Å². The number of piperidine rings is 1. The van der Waals surface area contributed by atoms with E-state index in [0.29, 0.717) is 26.2 Å². The van der Waals surface area contributed by atoms with E-state index in [9.17, 15) is 9.59 Å². The van der Waals surface area contributed by atoms with Crippen molar-refractivity contribution in [2.24, 2.45) is 11.8 Å². The number of fused-ring (bicyclic) bond motifs is 1. The summed E-state index contributed by atoms with van der Waals surface area (Å²) >= 11 is 1.75. The molecule has 1 aromatic rings. The number of rotatable bonds is 2. The normalized spacial score (nSPS) is 28.9. The Hall–Kier alpha value is -1.40. The lowest BCUT2D eigenvalue weighted by Gasteiger charge is -2.39. The van der Waals surface area contributed by atoms with Gasteiger partial charge in [0.2, 0.25) is 5.91 Å². The van der Waals surface area contributed by atoms with Gasteiger partial charge in [0.25, 0.3) is 5.91 Å². The molecule has 2 aliphatic heterocycles. The van der Waals surface area contributed by atoms with E-state index >= 15 is 0 Å². The van der Waals surface area contributed by atoms with Crippen LogP contribution < -0.4 is 0 Å². The molecular weight excluding hydrogens is 372 g/mol. The van der Waals surface area contributed by atoms with Gasteiger partial charge in [-0.25, -0.2) is 0 Å². The van der Waals surface area contributed by atoms with Crippen molar-refractivity contribution >= 4 is 23.2 Å². The van der Waals surface area contributed by atoms with Crippen LogP contribution in [0.4, 0.5) is 0 Å². The van der Waals surface area contributed by atoms with E-state index in [2.05, 4.69) is 12.3 Å². The topological polar surface area (TPSA) is 49.9 Å². The maximum Gasteiger partial charge on any atom is 0.254 e. The van der Waals surface area contributed by atoms with Gasteiger partial charge in [-0.1, -0.05) is 6.92 Å². The first kappa shape index (κ1) is 19.9. The van der Waals surface area contributed by atoms with E-state index in [1.54, 1.807) is 11.3 Å². The molecule has 0 aromatic carbocycles. The van der Waals surface area contributed by atoms with Crippen molar-refractivity contribution < 1.29 is 14.3 Å². The zero-order chi connectivity index (χ0) is 19.8. The van der Waals surface area contributed by atoms with Gasteiger partial charge in [0.15, 0.2) is 0 Å². The third kappa shape index (κ3) is 3.99. The second-order valence-corrected chi connectivity index (χ2v) is 9.93. The van der Waals surface area contributed by atoms with E-state index in [1.165, 1.54) is 16.9 Å². The average molecular weight is 405 g/mol. The molecule has 0 saturated carbocycles. The molecule has 28 heavy (non-hydrogen) atoms. The Morgan fingerprint density at radius 3 is 2.39 bits per heavy atom. The molecule has 0 spiro atoms. The minimum absolute atomic E-state index is 0.0405. The first-order valence-electron chi connectivity index (χ1n) is 10.7. The van der Waals surface area contributed by atoms with Crippen molar-refractivity contribution in [2.75, 3.05) is 26.2 Å². The Morgan fingerprint density at radius 2 is 1.71 bits per heavy atom. The monoisotopic (exact) mass is 404 g/mol. The van der Waals surface area contributed by atoms with Crippen LogP contribution in [-0.2, 0) is 22.4 Å². The van der Waals surface area contributed by atoms with E-state index in [1.807, 2.05) is 23.6 Å². The van der Waals surface area contributed by atoms with E-state index in [0.717, 1.165) is 37.2 Å². The molecule has 0 radical (unpaired) electrons. The molecule has 3 atom stereocenters.